The molecule has 1 aliphatic rings. The minimum Gasteiger partial charge on any atom is -0.389 e. The van der Waals surface area contributed by atoms with Crippen LogP contribution in [0.25, 0.3) is 0 Å². The Hall–Kier alpha value is -0.970. The van der Waals surface area contributed by atoms with Crippen LogP contribution in [0.4, 0.5) is 0 Å². The van der Waals surface area contributed by atoms with E-state index < -0.39 is 0 Å². The molecule has 3 nitrogen and oxygen atoms in total. The van der Waals surface area contributed by atoms with Gasteiger partial charge in [-0.25, -0.2) is 0 Å². The van der Waals surface area contributed by atoms with Crippen molar-refractivity contribution in [2.75, 3.05) is 19.8 Å². The summed E-state index contributed by atoms with van der Waals surface area (Å²) in [5.74, 6) is 0.637. The van der Waals surface area contributed by atoms with Crippen LogP contribution in [0.3, 0.4) is 0 Å². The van der Waals surface area contributed by atoms with Crippen LogP contribution in [0.15, 0.2) is 24.3 Å². The first-order chi connectivity index (χ1) is 8.75. The molecular formula is C14H19NO2S. The zero-order chi connectivity index (χ0) is 12.8. The van der Waals surface area contributed by atoms with E-state index in [2.05, 4.69) is 0 Å². The molecule has 0 aromatic heterocycles. The predicted octanol–water partition coefficient (Wildman–Crippen LogP) is 2.26. The van der Waals surface area contributed by atoms with Gasteiger partial charge in [-0.1, -0.05) is 30.4 Å². The van der Waals surface area contributed by atoms with Crippen molar-refractivity contribution in [3.8, 4) is 0 Å². The zero-order valence-corrected chi connectivity index (χ0v) is 11.2. The van der Waals surface area contributed by atoms with Crippen molar-refractivity contribution in [1.29, 1.82) is 0 Å². The third-order valence-corrected chi connectivity index (χ3v) is 3.41. The largest absolute Gasteiger partial charge is 0.389 e. The van der Waals surface area contributed by atoms with Crippen molar-refractivity contribution in [2.45, 2.75) is 19.4 Å². The first-order valence-electron chi connectivity index (χ1n) is 6.30. The molecule has 1 fully saturated rings. The highest BCUT2D eigenvalue weighted by molar-refractivity contribution is 7.80. The highest BCUT2D eigenvalue weighted by atomic mass is 32.1. The zero-order valence-electron chi connectivity index (χ0n) is 10.4. The van der Waals surface area contributed by atoms with Crippen molar-refractivity contribution < 1.29 is 9.47 Å². The van der Waals surface area contributed by atoms with Crippen molar-refractivity contribution in [2.24, 2.45) is 11.7 Å². The Morgan fingerprint density at radius 2 is 2.17 bits per heavy atom. The molecule has 1 aliphatic heterocycles. The summed E-state index contributed by atoms with van der Waals surface area (Å²) < 4.78 is 11.1. The Labute approximate surface area is 113 Å². The molecule has 98 valence electrons. The molecule has 0 radical (unpaired) electrons. The molecule has 4 heteroatoms. The van der Waals surface area contributed by atoms with Crippen LogP contribution in [-0.2, 0) is 16.1 Å². The van der Waals surface area contributed by atoms with E-state index in [4.69, 9.17) is 27.4 Å². The molecule has 0 spiro atoms. The Morgan fingerprint density at radius 3 is 2.89 bits per heavy atom. The first kappa shape index (κ1) is 13.5. The Bertz CT molecular complexity index is 403. The number of nitrogens with two attached hydrogens (primary N) is 1. The highest BCUT2D eigenvalue weighted by Gasteiger charge is 2.13. The fourth-order valence-electron chi connectivity index (χ4n) is 2.07. The van der Waals surface area contributed by atoms with Gasteiger partial charge in [0.25, 0.3) is 0 Å². The van der Waals surface area contributed by atoms with E-state index in [0.29, 0.717) is 17.5 Å². The van der Waals surface area contributed by atoms with E-state index >= 15 is 0 Å². The number of ether oxygens (including phenoxy) is 2. The minimum atomic E-state index is 0.432. The van der Waals surface area contributed by atoms with E-state index in [1.54, 1.807) is 0 Å². The van der Waals surface area contributed by atoms with E-state index in [1.807, 2.05) is 24.3 Å². The van der Waals surface area contributed by atoms with E-state index in [-0.39, 0.29) is 0 Å². The fraction of sp³-hybridized carbons (Fsp3) is 0.500. The summed E-state index contributed by atoms with van der Waals surface area (Å²) in [6, 6.07) is 7.91. The summed E-state index contributed by atoms with van der Waals surface area (Å²) in [5.41, 5.74) is 7.62. The van der Waals surface area contributed by atoms with Crippen LogP contribution < -0.4 is 5.73 Å². The lowest BCUT2D eigenvalue weighted by Crippen LogP contribution is -2.20. The maximum absolute atomic E-state index is 5.75. The Balaban J connectivity index is 1.78. The molecule has 1 heterocycles. The van der Waals surface area contributed by atoms with Gasteiger partial charge in [0, 0.05) is 18.8 Å². The minimum absolute atomic E-state index is 0.432. The molecule has 0 unspecified atom stereocenters. The summed E-state index contributed by atoms with van der Waals surface area (Å²) >= 11 is 4.96. The van der Waals surface area contributed by atoms with Gasteiger partial charge in [-0.05, 0) is 30.4 Å². The van der Waals surface area contributed by atoms with Gasteiger partial charge >= 0.3 is 0 Å². The summed E-state index contributed by atoms with van der Waals surface area (Å²) in [4.78, 5) is 0.432. The quantitative estimate of drug-likeness (QED) is 0.829. The SMILES string of the molecule is NC(=S)c1cccc(COCC2CCOCC2)c1. The summed E-state index contributed by atoms with van der Waals surface area (Å²) in [6.07, 6.45) is 2.21. The highest BCUT2D eigenvalue weighted by Crippen LogP contribution is 2.15. The molecule has 2 N–H and O–H groups in total. The Morgan fingerprint density at radius 1 is 1.39 bits per heavy atom. The molecular weight excluding hydrogens is 246 g/mol. The fourth-order valence-corrected chi connectivity index (χ4v) is 2.20. The number of hydrogen-bond donors (Lipinski definition) is 1. The maximum atomic E-state index is 5.75. The van der Waals surface area contributed by atoms with Gasteiger partial charge in [0.05, 0.1) is 13.2 Å². The summed E-state index contributed by atoms with van der Waals surface area (Å²) in [5, 5.41) is 0. The monoisotopic (exact) mass is 265 g/mol. The average Bonchev–Trinajstić information content (AvgIpc) is 2.40. The van der Waals surface area contributed by atoms with Gasteiger partial charge in [0.2, 0.25) is 0 Å². The lowest BCUT2D eigenvalue weighted by molar-refractivity contribution is 0.0157. The number of thiocarbonyl (C=S) groups is 1. The second-order valence-electron chi connectivity index (χ2n) is 4.64. The van der Waals surface area contributed by atoms with Crippen LogP contribution in [0.5, 0.6) is 0 Å². The molecule has 0 atom stereocenters. The maximum Gasteiger partial charge on any atom is 0.103 e. The third-order valence-electron chi connectivity index (χ3n) is 3.17. The van der Waals surface area contributed by atoms with Crippen LogP contribution in [0.1, 0.15) is 24.0 Å². The topological polar surface area (TPSA) is 44.5 Å². The summed E-state index contributed by atoms with van der Waals surface area (Å²) in [7, 11) is 0. The van der Waals surface area contributed by atoms with E-state index in [9.17, 15) is 0 Å². The molecule has 1 saturated heterocycles. The van der Waals surface area contributed by atoms with Gasteiger partial charge in [0.15, 0.2) is 0 Å². The molecule has 0 saturated carbocycles. The van der Waals surface area contributed by atoms with Gasteiger partial charge in [-0.2, -0.15) is 0 Å². The van der Waals surface area contributed by atoms with Gasteiger partial charge < -0.3 is 15.2 Å². The third kappa shape index (κ3) is 4.05. The van der Waals surface area contributed by atoms with Gasteiger partial charge in [-0.3, -0.25) is 0 Å². The molecule has 0 aliphatic carbocycles. The second kappa shape index (κ2) is 6.83. The summed E-state index contributed by atoms with van der Waals surface area (Å²) in [6.45, 7) is 3.16. The number of hydrogen-bond acceptors (Lipinski definition) is 3. The Kier molecular flexibility index (Phi) is 5.11. The van der Waals surface area contributed by atoms with Gasteiger partial charge in [0.1, 0.15) is 4.99 Å². The predicted molar refractivity (Wildman–Crippen MR) is 75.5 cm³/mol. The number of benzene rings is 1. The second-order valence-corrected chi connectivity index (χ2v) is 5.08. The smallest absolute Gasteiger partial charge is 0.103 e. The van der Waals surface area contributed by atoms with Crippen molar-refractivity contribution in [1.82, 2.24) is 0 Å². The van der Waals surface area contributed by atoms with E-state index in [0.717, 1.165) is 43.8 Å². The molecule has 0 bridgehead atoms. The number of rotatable bonds is 5. The lowest BCUT2D eigenvalue weighted by Gasteiger charge is -2.21. The standard InChI is InChI=1S/C14H19NO2S/c15-14(18)13-3-1-2-12(8-13)10-17-9-11-4-6-16-7-5-11/h1-3,8,11H,4-7,9-10H2,(H2,15,18). The first-order valence-corrected chi connectivity index (χ1v) is 6.71. The van der Waals surface area contributed by atoms with E-state index in [1.165, 1.54) is 0 Å². The lowest BCUT2D eigenvalue weighted by atomic mass is 10.0. The molecule has 0 amide bonds. The average molecular weight is 265 g/mol. The van der Waals surface area contributed by atoms with Crippen LogP contribution in [0, 0.1) is 5.92 Å². The van der Waals surface area contributed by atoms with Crippen molar-refractivity contribution >= 4 is 17.2 Å². The van der Waals surface area contributed by atoms with Crippen molar-refractivity contribution in [3.63, 3.8) is 0 Å². The van der Waals surface area contributed by atoms with Crippen molar-refractivity contribution in [3.05, 3.63) is 35.4 Å². The molecule has 2 rings (SSSR count). The van der Waals surface area contributed by atoms with Crippen LogP contribution in [-0.4, -0.2) is 24.8 Å². The molecule has 1 aromatic rings. The van der Waals surface area contributed by atoms with Crippen LogP contribution >= 0.6 is 12.2 Å². The normalized spacial score (nSPS) is 16.7. The molecule has 1 aromatic carbocycles. The van der Waals surface area contributed by atoms with Gasteiger partial charge in [-0.15, -0.1) is 0 Å². The van der Waals surface area contributed by atoms with Crippen LogP contribution in [0.2, 0.25) is 0 Å². The molecule has 18 heavy (non-hydrogen) atoms.